The SMILES string of the molecule is CCS(=O)(=O)N1CCc2cc(C(=O)CSc3ccc(F)c(F)c3)ccc21. The van der Waals surface area contributed by atoms with Crippen LogP contribution in [0.5, 0.6) is 0 Å². The molecule has 8 heteroatoms. The Morgan fingerprint density at radius 2 is 1.92 bits per heavy atom. The molecule has 0 amide bonds. The van der Waals surface area contributed by atoms with Crippen molar-refractivity contribution >= 4 is 33.3 Å². The maximum Gasteiger partial charge on any atom is 0.234 e. The van der Waals surface area contributed by atoms with Gasteiger partial charge in [-0.3, -0.25) is 9.10 Å². The van der Waals surface area contributed by atoms with Gasteiger partial charge < -0.3 is 0 Å². The van der Waals surface area contributed by atoms with Gasteiger partial charge in [0.05, 0.1) is 17.2 Å². The average molecular weight is 397 g/mol. The molecular weight excluding hydrogens is 380 g/mol. The second kappa shape index (κ2) is 7.36. The summed E-state index contributed by atoms with van der Waals surface area (Å²) in [4.78, 5) is 12.9. The zero-order valence-electron chi connectivity index (χ0n) is 14.0. The first-order chi connectivity index (χ1) is 12.3. The molecule has 0 N–H and O–H groups in total. The summed E-state index contributed by atoms with van der Waals surface area (Å²) in [6.45, 7) is 1.98. The number of anilines is 1. The number of rotatable bonds is 6. The summed E-state index contributed by atoms with van der Waals surface area (Å²) in [6.07, 6.45) is 0.562. The number of Topliss-reactive ketones (excluding diaryl/α,β-unsaturated/α-hetero) is 1. The molecule has 2 aromatic carbocycles. The molecule has 3 rings (SSSR count). The fourth-order valence-electron chi connectivity index (χ4n) is 2.79. The number of nitrogens with zero attached hydrogens (tertiary/aromatic N) is 1. The molecular formula is C18H17F2NO3S2. The molecule has 4 nitrogen and oxygen atoms in total. The fourth-order valence-corrected chi connectivity index (χ4v) is 4.76. The van der Waals surface area contributed by atoms with Gasteiger partial charge in [0.1, 0.15) is 0 Å². The molecule has 26 heavy (non-hydrogen) atoms. The van der Waals surface area contributed by atoms with Crippen LogP contribution in [0.15, 0.2) is 41.3 Å². The van der Waals surface area contributed by atoms with E-state index in [4.69, 9.17) is 0 Å². The van der Waals surface area contributed by atoms with Gasteiger partial charge in [0.25, 0.3) is 0 Å². The van der Waals surface area contributed by atoms with E-state index in [-0.39, 0.29) is 17.3 Å². The Balaban J connectivity index is 1.72. The maximum absolute atomic E-state index is 13.2. The van der Waals surface area contributed by atoms with Gasteiger partial charge in [-0.25, -0.2) is 17.2 Å². The van der Waals surface area contributed by atoms with E-state index in [1.807, 2.05) is 0 Å². The lowest BCUT2D eigenvalue weighted by molar-refractivity contribution is 0.102. The number of thioether (sulfide) groups is 1. The van der Waals surface area contributed by atoms with Crippen molar-refractivity contribution in [3.05, 3.63) is 59.2 Å². The highest BCUT2D eigenvalue weighted by Crippen LogP contribution is 2.32. The fraction of sp³-hybridized carbons (Fsp3) is 0.278. The van der Waals surface area contributed by atoms with Crippen LogP contribution in [0, 0.1) is 11.6 Å². The Labute approximate surface area is 155 Å². The monoisotopic (exact) mass is 397 g/mol. The Morgan fingerprint density at radius 1 is 1.15 bits per heavy atom. The topological polar surface area (TPSA) is 54.5 Å². The average Bonchev–Trinajstić information content (AvgIpc) is 3.06. The highest BCUT2D eigenvalue weighted by atomic mass is 32.2. The van der Waals surface area contributed by atoms with Gasteiger partial charge in [-0.1, -0.05) is 0 Å². The molecule has 0 aliphatic carbocycles. The summed E-state index contributed by atoms with van der Waals surface area (Å²) in [7, 11) is -3.32. The van der Waals surface area contributed by atoms with Crippen LogP contribution < -0.4 is 4.31 Å². The Kier molecular flexibility index (Phi) is 5.34. The lowest BCUT2D eigenvalue weighted by Gasteiger charge is -2.18. The van der Waals surface area contributed by atoms with E-state index in [1.165, 1.54) is 10.4 Å². The van der Waals surface area contributed by atoms with Gasteiger partial charge in [-0.2, -0.15) is 0 Å². The predicted molar refractivity (Wildman–Crippen MR) is 98.4 cm³/mol. The molecule has 0 saturated heterocycles. The molecule has 1 aliphatic heterocycles. The summed E-state index contributed by atoms with van der Waals surface area (Å²) < 4.78 is 51.7. The van der Waals surface area contributed by atoms with Crippen LogP contribution in [0.3, 0.4) is 0 Å². The van der Waals surface area contributed by atoms with Crippen molar-refractivity contribution in [1.82, 2.24) is 0 Å². The standard InChI is InChI=1S/C18H17F2NO3S2/c1-2-26(23,24)21-8-7-12-9-13(3-6-17(12)21)18(22)11-25-14-4-5-15(19)16(20)10-14/h3-6,9-10H,2,7-8,11H2,1H3. The minimum atomic E-state index is -3.32. The molecule has 0 radical (unpaired) electrons. The largest absolute Gasteiger partial charge is 0.293 e. The van der Waals surface area contributed by atoms with Crippen LogP contribution >= 0.6 is 11.8 Å². The highest BCUT2D eigenvalue weighted by molar-refractivity contribution is 8.00. The van der Waals surface area contributed by atoms with Gasteiger partial charge >= 0.3 is 0 Å². The van der Waals surface area contributed by atoms with Gasteiger partial charge in [0.2, 0.25) is 10.0 Å². The summed E-state index contributed by atoms with van der Waals surface area (Å²) in [6, 6.07) is 8.49. The number of halogens is 2. The van der Waals surface area contributed by atoms with Crippen LogP contribution in [0.4, 0.5) is 14.5 Å². The number of sulfonamides is 1. The number of fused-ring (bicyclic) bond motifs is 1. The Hall–Kier alpha value is -1.93. The van der Waals surface area contributed by atoms with Crippen molar-refractivity contribution in [2.45, 2.75) is 18.2 Å². The van der Waals surface area contributed by atoms with Crippen molar-refractivity contribution in [1.29, 1.82) is 0 Å². The van der Waals surface area contributed by atoms with Crippen molar-refractivity contribution < 1.29 is 22.0 Å². The number of benzene rings is 2. The van der Waals surface area contributed by atoms with Crippen LogP contribution in [0.2, 0.25) is 0 Å². The van der Waals surface area contributed by atoms with E-state index >= 15 is 0 Å². The van der Waals surface area contributed by atoms with E-state index in [0.29, 0.717) is 29.1 Å². The number of carbonyl (C=O) groups excluding carboxylic acids is 1. The third-order valence-corrected chi connectivity index (χ3v) is 6.99. The second-order valence-electron chi connectivity index (χ2n) is 5.85. The van der Waals surface area contributed by atoms with Gasteiger partial charge in [-0.05, 0) is 55.3 Å². The van der Waals surface area contributed by atoms with E-state index in [9.17, 15) is 22.0 Å². The molecule has 0 bridgehead atoms. The molecule has 1 aliphatic rings. The van der Waals surface area contributed by atoms with E-state index in [2.05, 4.69) is 0 Å². The van der Waals surface area contributed by atoms with E-state index < -0.39 is 21.7 Å². The molecule has 0 spiro atoms. The lowest BCUT2D eigenvalue weighted by atomic mass is 10.1. The van der Waals surface area contributed by atoms with Gasteiger partial charge in [-0.15, -0.1) is 11.8 Å². The summed E-state index contributed by atoms with van der Waals surface area (Å²) in [5.74, 6) is -1.92. The van der Waals surface area contributed by atoms with Crippen molar-refractivity contribution in [3.8, 4) is 0 Å². The molecule has 138 valence electrons. The third-order valence-electron chi connectivity index (χ3n) is 4.22. The Morgan fingerprint density at radius 3 is 2.62 bits per heavy atom. The number of carbonyl (C=O) groups is 1. The van der Waals surface area contributed by atoms with Crippen molar-refractivity contribution in [2.75, 3.05) is 22.4 Å². The number of hydrogen-bond acceptors (Lipinski definition) is 4. The van der Waals surface area contributed by atoms with Crippen LogP contribution in [-0.2, 0) is 16.4 Å². The zero-order chi connectivity index (χ0) is 18.9. The molecule has 1 heterocycles. The second-order valence-corrected chi connectivity index (χ2v) is 9.08. The smallest absolute Gasteiger partial charge is 0.234 e. The summed E-state index contributed by atoms with van der Waals surface area (Å²) >= 11 is 1.13. The first kappa shape index (κ1) is 18.8. The Bertz CT molecular complexity index is 961. The van der Waals surface area contributed by atoms with Crippen LogP contribution in [-0.4, -0.2) is 32.3 Å². The molecule has 0 aromatic heterocycles. The van der Waals surface area contributed by atoms with Crippen LogP contribution in [0.1, 0.15) is 22.8 Å². The number of ketones is 1. The van der Waals surface area contributed by atoms with Crippen LogP contribution in [0.25, 0.3) is 0 Å². The minimum absolute atomic E-state index is 0.0258. The molecule has 0 saturated carbocycles. The van der Waals surface area contributed by atoms with E-state index in [1.54, 1.807) is 25.1 Å². The molecule has 0 unspecified atom stereocenters. The third kappa shape index (κ3) is 3.76. The van der Waals surface area contributed by atoms with Crippen molar-refractivity contribution in [3.63, 3.8) is 0 Å². The first-order valence-corrected chi connectivity index (χ1v) is 10.7. The highest BCUT2D eigenvalue weighted by Gasteiger charge is 2.28. The van der Waals surface area contributed by atoms with Gasteiger partial charge in [0, 0.05) is 17.0 Å². The predicted octanol–water partition coefficient (Wildman–Crippen LogP) is 3.65. The number of hydrogen-bond donors (Lipinski definition) is 0. The molecule has 2 aromatic rings. The first-order valence-electron chi connectivity index (χ1n) is 8.06. The zero-order valence-corrected chi connectivity index (χ0v) is 15.7. The summed E-state index contributed by atoms with van der Waals surface area (Å²) in [5, 5.41) is 0. The van der Waals surface area contributed by atoms with Crippen molar-refractivity contribution in [2.24, 2.45) is 0 Å². The lowest BCUT2D eigenvalue weighted by Crippen LogP contribution is -2.30. The summed E-state index contributed by atoms with van der Waals surface area (Å²) in [5.41, 5.74) is 1.93. The minimum Gasteiger partial charge on any atom is -0.293 e. The maximum atomic E-state index is 13.2. The van der Waals surface area contributed by atoms with Gasteiger partial charge in [0.15, 0.2) is 17.4 Å². The normalized spacial score (nSPS) is 13.7. The molecule has 0 fully saturated rings. The molecule has 0 atom stereocenters. The quantitative estimate of drug-likeness (QED) is 0.552. The van der Waals surface area contributed by atoms with E-state index in [0.717, 1.165) is 29.5 Å².